The molecule has 2 heterocycles. The van der Waals surface area contributed by atoms with Crippen molar-refractivity contribution in [3.05, 3.63) is 29.8 Å². The van der Waals surface area contributed by atoms with E-state index in [4.69, 9.17) is 0 Å². The number of nitrogens with one attached hydrogen (secondary N) is 1. The number of hydrogen-bond donors (Lipinski definition) is 1. The number of imide groups is 2. The van der Waals surface area contributed by atoms with E-state index in [9.17, 15) is 14.4 Å². The molecule has 0 spiro atoms. The molecule has 1 atom stereocenters. The number of quaternary nitrogens is 1. The first-order valence-corrected chi connectivity index (χ1v) is 9.70. The zero-order valence-electron chi connectivity index (χ0n) is 16.4. The van der Waals surface area contributed by atoms with E-state index < -0.39 is 17.8 Å². The molecule has 4 amide bonds. The minimum Gasteiger partial charge on any atom is -0.371 e. The van der Waals surface area contributed by atoms with Gasteiger partial charge in [0.2, 0.25) is 0 Å². The van der Waals surface area contributed by atoms with Crippen LogP contribution in [0.1, 0.15) is 32.3 Å². The van der Waals surface area contributed by atoms with Crippen LogP contribution in [0, 0.1) is 5.92 Å². The van der Waals surface area contributed by atoms with Gasteiger partial charge in [0.15, 0.2) is 6.67 Å². The summed E-state index contributed by atoms with van der Waals surface area (Å²) in [5.41, 5.74) is 2.42. The van der Waals surface area contributed by atoms with Crippen LogP contribution in [-0.4, -0.2) is 61.0 Å². The first-order chi connectivity index (χ1) is 12.9. The summed E-state index contributed by atoms with van der Waals surface area (Å²) in [6, 6.07) is 7.80. The molecule has 3 rings (SSSR count). The molecule has 1 aromatic carbocycles. The normalized spacial score (nSPS) is 19.0. The molecule has 2 aliphatic rings. The summed E-state index contributed by atoms with van der Waals surface area (Å²) in [6.45, 7) is 7.11. The minimum absolute atomic E-state index is 0.128. The predicted molar refractivity (Wildman–Crippen MR) is 102 cm³/mol. The van der Waals surface area contributed by atoms with Crippen LogP contribution < -0.4 is 9.80 Å². The van der Waals surface area contributed by atoms with E-state index in [2.05, 4.69) is 17.0 Å². The highest BCUT2D eigenvalue weighted by atomic mass is 16.2. The molecule has 0 bridgehead atoms. The number of amides is 4. The van der Waals surface area contributed by atoms with Gasteiger partial charge < -0.3 is 9.80 Å². The zero-order valence-corrected chi connectivity index (χ0v) is 16.4. The number of hydrogen-bond acceptors (Lipinski definition) is 4. The van der Waals surface area contributed by atoms with Gasteiger partial charge in [-0.3, -0.25) is 14.5 Å². The molecule has 0 saturated carbocycles. The number of nitrogens with zero attached hydrogens (tertiary/aromatic N) is 3. The van der Waals surface area contributed by atoms with Crippen LogP contribution in [0.2, 0.25) is 0 Å². The van der Waals surface area contributed by atoms with E-state index >= 15 is 0 Å². The van der Waals surface area contributed by atoms with E-state index in [-0.39, 0.29) is 19.1 Å². The smallest absolute Gasteiger partial charge is 0.338 e. The summed E-state index contributed by atoms with van der Waals surface area (Å²) in [5.74, 6) is -1.30. The SMILES string of the molecule is CC(C)CN1C(=O)C(=O)N(C[NH+](C)Cc2ccccc2N2CCCC2)C1=O. The number of carbonyl (C=O) groups is 3. The Kier molecular flexibility index (Phi) is 5.79. The largest absolute Gasteiger partial charge is 0.371 e. The molecular formula is C20H29N4O3+. The maximum Gasteiger partial charge on any atom is 0.338 e. The zero-order chi connectivity index (χ0) is 19.6. The number of benzene rings is 1. The van der Waals surface area contributed by atoms with Crippen LogP contribution in [0.5, 0.6) is 0 Å². The van der Waals surface area contributed by atoms with Crippen molar-refractivity contribution < 1.29 is 19.3 Å². The lowest BCUT2D eigenvalue weighted by Gasteiger charge is -2.24. The maximum atomic E-state index is 12.5. The Morgan fingerprint density at radius 1 is 1.00 bits per heavy atom. The van der Waals surface area contributed by atoms with Gasteiger partial charge >= 0.3 is 17.8 Å². The Morgan fingerprint density at radius 2 is 1.63 bits per heavy atom. The Balaban J connectivity index is 1.68. The van der Waals surface area contributed by atoms with Crippen LogP contribution in [-0.2, 0) is 16.1 Å². The van der Waals surface area contributed by atoms with Crippen LogP contribution in [0.4, 0.5) is 10.5 Å². The molecular weight excluding hydrogens is 344 g/mol. The summed E-state index contributed by atoms with van der Waals surface area (Å²) < 4.78 is 0. The van der Waals surface area contributed by atoms with E-state index in [0.717, 1.165) is 27.8 Å². The lowest BCUT2D eigenvalue weighted by molar-refractivity contribution is -0.901. The van der Waals surface area contributed by atoms with E-state index in [0.29, 0.717) is 6.54 Å². The molecule has 27 heavy (non-hydrogen) atoms. The van der Waals surface area contributed by atoms with E-state index in [1.807, 2.05) is 33.0 Å². The highest BCUT2D eigenvalue weighted by Crippen LogP contribution is 2.24. The fourth-order valence-corrected chi connectivity index (χ4v) is 3.79. The molecule has 146 valence electrons. The molecule has 1 N–H and O–H groups in total. The van der Waals surface area contributed by atoms with Crippen LogP contribution in [0.15, 0.2) is 24.3 Å². The maximum absolute atomic E-state index is 12.5. The monoisotopic (exact) mass is 373 g/mol. The fourth-order valence-electron chi connectivity index (χ4n) is 3.79. The average Bonchev–Trinajstić information content (AvgIpc) is 3.22. The van der Waals surface area contributed by atoms with Crippen molar-refractivity contribution in [3.8, 4) is 0 Å². The van der Waals surface area contributed by atoms with Crippen LogP contribution in [0.25, 0.3) is 0 Å². The topological polar surface area (TPSA) is 65.4 Å². The number of rotatable bonds is 7. The predicted octanol–water partition coefficient (Wildman–Crippen LogP) is 0.706. The van der Waals surface area contributed by atoms with Crippen molar-refractivity contribution >= 4 is 23.5 Å². The van der Waals surface area contributed by atoms with Gasteiger partial charge in [-0.1, -0.05) is 32.0 Å². The van der Waals surface area contributed by atoms with Crippen molar-refractivity contribution in [2.75, 3.05) is 38.3 Å². The molecule has 0 aromatic heterocycles. The summed E-state index contributed by atoms with van der Waals surface area (Å²) in [7, 11) is 1.94. The first-order valence-electron chi connectivity index (χ1n) is 9.70. The number of para-hydroxylation sites is 1. The van der Waals surface area contributed by atoms with Gasteiger partial charge in [0.1, 0.15) is 6.54 Å². The highest BCUT2D eigenvalue weighted by Gasteiger charge is 2.45. The Labute approximate surface area is 160 Å². The minimum atomic E-state index is -0.715. The number of urea groups is 1. The molecule has 2 aliphatic heterocycles. The van der Waals surface area contributed by atoms with Crippen molar-refractivity contribution in [1.29, 1.82) is 0 Å². The Morgan fingerprint density at radius 3 is 2.30 bits per heavy atom. The second-order valence-corrected chi connectivity index (χ2v) is 7.94. The quantitative estimate of drug-likeness (QED) is 0.565. The van der Waals surface area contributed by atoms with Gasteiger partial charge in [-0.05, 0) is 24.8 Å². The first kappa shape index (κ1) is 19.4. The molecule has 0 aliphatic carbocycles. The molecule has 7 heteroatoms. The summed E-state index contributed by atoms with van der Waals surface area (Å²) in [4.78, 5) is 42.4. The van der Waals surface area contributed by atoms with Gasteiger partial charge in [0.05, 0.1) is 7.05 Å². The third-order valence-electron chi connectivity index (χ3n) is 5.04. The van der Waals surface area contributed by atoms with Crippen LogP contribution in [0.3, 0.4) is 0 Å². The van der Waals surface area contributed by atoms with Gasteiger partial charge in [-0.2, -0.15) is 0 Å². The third-order valence-corrected chi connectivity index (χ3v) is 5.04. The van der Waals surface area contributed by atoms with Gasteiger partial charge in [0, 0.05) is 30.9 Å². The molecule has 1 aromatic rings. The molecule has 2 fully saturated rings. The highest BCUT2D eigenvalue weighted by molar-refractivity contribution is 6.44. The van der Waals surface area contributed by atoms with Crippen molar-refractivity contribution in [3.63, 3.8) is 0 Å². The fraction of sp³-hybridized carbons (Fsp3) is 0.550. The standard InChI is InChI=1S/C20H28N4O3/c1-15(2)12-23-18(25)19(26)24(20(23)27)14-21(3)13-16-8-4-5-9-17(16)22-10-6-7-11-22/h4-5,8-9,15H,6-7,10-14H2,1-3H3/p+1. The van der Waals surface area contributed by atoms with Gasteiger partial charge in [-0.25, -0.2) is 9.69 Å². The Bertz CT molecular complexity index is 728. The second kappa shape index (κ2) is 8.08. The van der Waals surface area contributed by atoms with Crippen molar-refractivity contribution in [1.82, 2.24) is 9.80 Å². The van der Waals surface area contributed by atoms with Gasteiger partial charge in [0.25, 0.3) is 0 Å². The molecule has 2 saturated heterocycles. The number of anilines is 1. The second-order valence-electron chi connectivity index (χ2n) is 7.94. The molecule has 7 nitrogen and oxygen atoms in total. The van der Waals surface area contributed by atoms with Crippen LogP contribution >= 0.6 is 0 Å². The third kappa shape index (κ3) is 4.13. The molecule has 0 radical (unpaired) electrons. The van der Waals surface area contributed by atoms with Crippen molar-refractivity contribution in [2.24, 2.45) is 5.92 Å². The van der Waals surface area contributed by atoms with E-state index in [1.165, 1.54) is 24.1 Å². The van der Waals surface area contributed by atoms with Gasteiger partial charge in [-0.15, -0.1) is 0 Å². The number of carbonyl (C=O) groups excluding carboxylic acids is 3. The van der Waals surface area contributed by atoms with Crippen molar-refractivity contribution in [2.45, 2.75) is 33.2 Å². The lowest BCUT2D eigenvalue weighted by Crippen LogP contribution is -3.09. The summed E-state index contributed by atoms with van der Waals surface area (Å²) >= 11 is 0. The summed E-state index contributed by atoms with van der Waals surface area (Å²) in [6.07, 6.45) is 2.42. The average molecular weight is 373 g/mol. The summed E-state index contributed by atoms with van der Waals surface area (Å²) in [5, 5.41) is 0. The molecule has 1 unspecified atom stereocenters. The van der Waals surface area contributed by atoms with E-state index in [1.54, 1.807) is 0 Å². The lowest BCUT2D eigenvalue weighted by atomic mass is 10.1. The Hall–Kier alpha value is -2.41.